The molecule has 1 N–H and O–H groups in total. The fraction of sp³-hybridized carbons (Fsp3) is 0.250. The Balaban J connectivity index is 1.79. The van der Waals surface area contributed by atoms with Crippen LogP contribution in [-0.4, -0.2) is 33.1 Å². The van der Waals surface area contributed by atoms with E-state index in [1.807, 2.05) is 49.7 Å². The molecule has 1 aromatic heterocycles. The van der Waals surface area contributed by atoms with Gasteiger partial charge in [-0.3, -0.25) is 4.79 Å². The van der Waals surface area contributed by atoms with Crippen LogP contribution < -0.4 is 0 Å². The number of carbonyl (C=O) groups excluding carboxylic acids is 1. The lowest BCUT2D eigenvalue weighted by Gasteiger charge is -2.23. The Kier molecular flexibility index (Phi) is 3.62. The lowest BCUT2D eigenvalue weighted by Crippen LogP contribution is -2.33. The third kappa shape index (κ3) is 2.22. The molecule has 0 spiro atoms. The van der Waals surface area contributed by atoms with E-state index in [4.69, 9.17) is 0 Å². The Morgan fingerprint density at radius 3 is 2.79 bits per heavy atom. The molecular formula is C20H20N2O2. The Bertz CT molecular complexity index is 955. The van der Waals surface area contributed by atoms with Gasteiger partial charge in [-0.15, -0.1) is 0 Å². The van der Waals surface area contributed by atoms with Crippen LogP contribution in [0.3, 0.4) is 0 Å². The number of aliphatic hydroxyl groups excluding tert-OH is 1. The molecule has 0 radical (unpaired) electrons. The molecule has 1 atom stereocenters. The van der Waals surface area contributed by atoms with Crippen LogP contribution in [0.25, 0.3) is 21.8 Å². The summed E-state index contributed by atoms with van der Waals surface area (Å²) in [4.78, 5) is 14.7. The second-order valence-electron chi connectivity index (χ2n) is 6.31. The molecule has 1 unspecified atom stereocenters. The molecule has 4 rings (SSSR count). The molecule has 4 nitrogen and oxygen atoms in total. The van der Waals surface area contributed by atoms with Crippen molar-refractivity contribution in [1.82, 2.24) is 9.47 Å². The average molecular weight is 320 g/mol. The summed E-state index contributed by atoms with van der Waals surface area (Å²) in [5.41, 5.74) is 2.97. The van der Waals surface area contributed by atoms with Crippen molar-refractivity contribution in [3.63, 3.8) is 0 Å². The van der Waals surface area contributed by atoms with E-state index in [9.17, 15) is 9.90 Å². The standard InChI is InChI=1S/C20H20N2O2/c1-21-18-7-3-2-6-16(18)17-13-14(8-9-19(17)21)20(24)22-11-4-5-15(22)10-12-23/h2-4,6-9,11,13,15,23H,5,10,12H2,1H3. The van der Waals surface area contributed by atoms with Crippen molar-refractivity contribution in [3.05, 3.63) is 60.3 Å². The van der Waals surface area contributed by atoms with E-state index < -0.39 is 0 Å². The largest absolute Gasteiger partial charge is 0.396 e. The number of rotatable bonds is 3. The van der Waals surface area contributed by atoms with E-state index in [1.54, 1.807) is 4.90 Å². The maximum Gasteiger partial charge on any atom is 0.258 e. The third-order valence-corrected chi connectivity index (χ3v) is 4.92. The third-order valence-electron chi connectivity index (χ3n) is 4.92. The van der Waals surface area contributed by atoms with E-state index in [2.05, 4.69) is 16.7 Å². The number of aliphatic hydroxyl groups is 1. The van der Waals surface area contributed by atoms with Crippen LogP contribution in [0.15, 0.2) is 54.7 Å². The lowest BCUT2D eigenvalue weighted by atomic mass is 10.1. The Morgan fingerprint density at radius 1 is 1.17 bits per heavy atom. The van der Waals surface area contributed by atoms with Gasteiger partial charge in [0.1, 0.15) is 0 Å². The Hall–Kier alpha value is -2.59. The van der Waals surface area contributed by atoms with Gasteiger partial charge in [-0.25, -0.2) is 0 Å². The first-order valence-electron chi connectivity index (χ1n) is 8.28. The normalized spacial score (nSPS) is 17.2. The predicted molar refractivity (Wildman–Crippen MR) is 95.8 cm³/mol. The van der Waals surface area contributed by atoms with Gasteiger partial charge in [0.15, 0.2) is 0 Å². The summed E-state index contributed by atoms with van der Waals surface area (Å²) in [6.07, 6.45) is 5.25. The number of amides is 1. The number of hydrogen-bond donors (Lipinski definition) is 1. The van der Waals surface area contributed by atoms with Crippen molar-refractivity contribution < 1.29 is 9.90 Å². The molecule has 2 aromatic carbocycles. The molecule has 122 valence electrons. The first kappa shape index (κ1) is 15.0. The minimum Gasteiger partial charge on any atom is -0.396 e. The zero-order valence-corrected chi connectivity index (χ0v) is 13.6. The zero-order valence-electron chi connectivity index (χ0n) is 13.6. The summed E-state index contributed by atoms with van der Waals surface area (Å²) >= 11 is 0. The first-order valence-corrected chi connectivity index (χ1v) is 8.28. The SMILES string of the molecule is Cn1c2ccccc2c2cc(C(=O)N3C=CCC3CCO)ccc21. The number of aromatic nitrogens is 1. The molecule has 24 heavy (non-hydrogen) atoms. The van der Waals surface area contributed by atoms with E-state index in [0.29, 0.717) is 12.0 Å². The maximum absolute atomic E-state index is 12.9. The molecule has 0 fully saturated rings. The average Bonchev–Trinajstić information content (AvgIpc) is 3.18. The summed E-state index contributed by atoms with van der Waals surface area (Å²) < 4.78 is 2.16. The van der Waals surface area contributed by atoms with Crippen LogP contribution in [0.1, 0.15) is 23.2 Å². The molecular weight excluding hydrogens is 300 g/mol. The smallest absolute Gasteiger partial charge is 0.258 e. The highest BCUT2D eigenvalue weighted by atomic mass is 16.3. The van der Waals surface area contributed by atoms with Crippen LogP contribution in [0.4, 0.5) is 0 Å². The summed E-state index contributed by atoms with van der Waals surface area (Å²) in [6, 6.07) is 14.2. The molecule has 0 saturated carbocycles. The van der Waals surface area contributed by atoms with Gasteiger partial charge in [0.05, 0.1) is 0 Å². The van der Waals surface area contributed by atoms with Gasteiger partial charge in [0.25, 0.3) is 5.91 Å². The molecule has 2 heterocycles. The van der Waals surface area contributed by atoms with Crippen molar-refractivity contribution in [3.8, 4) is 0 Å². The number of para-hydroxylation sites is 1. The fourth-order valence-corrected chi connectivity index (χ4v) is 3.66. The van der Waals surface area contributed by atoms with Crippen molar-refractivity contribution in [1.29, 1.82) is 0 Å². The molecule has 1 aliphatic heterocycles. The van der Waals surface area contributed by atoms with E-state index in [-0.39, 0.29) is 18.6 Å². The summed E-state index contributed by atoms with van der Waals surface area (Å²) in [6.45, 7) is 0.0957. The highest BCUT2D eigenvalue weighted by molar-refractivity contribution is 6.10. The van der Waals surface area contributed by atoms with Crippen LogP contribution in [0.5, 0.6) is 0 Å². The van der Waals surface area contributed by atoms with Crippen molar-refractivity contribution in [2.24, 2.45) is 7.05 Å². The molecule has 1 amide bonds. The highest BCUT2D eigenvalue weighted by Gasteiger charge is 2.25. The lowest BCUT2D eigenvalue weighted by molar-refractivity contribution is 0.0767. The molecule has 0 saturated heterocycles. The second kappa shape index (κ2) is 5.80. The van der Waals surface area contributed by atoms with Gasteiger partial charge in [-0.1, -0.05) is 24.3 Å². The zero-order chi connectivity index (χ0) is 16.7. The van der Waals surface area contributed by atoms with Crippen molar-refractivity contribution in [2.45, 2.75) is 18.9 Å². The number of carbonyl (C=O) groups is 1. The topological polar surface area (TPSA) is 45.5 Å². The van der Waals surface area contributed by atoms with Crippen LogP contribution in [0.2, 0.25) is 0 Å². The summed E-state index contributed by atoms with van der Waals surface area (Å²) in [7, 11) is 2.05. The van der Waals surface area contributed by atoms with Crippen molar-refractivity contribution >= 4 is 27.7 Å². The molecule has 3 aromatic rings. The maximum atomic E-state index is 12.9. The molecule has 4 heteroatoms. The molecule has 1 aliphatic rings. The number of benzene rings is 2. The number of fused-ring (bicyclic) bond motifs is 3. The van der Waals surface area contributed by atoms with E-state index in [1.165, 1.54) is 0 Å². The van der Waals surface area contributed by atoms with Crippen LogP contribution in [-0.2, 0) is 7.05 Å². The number of nitrogens with zero attached hydrogens (tertiary/aromatic N) is 2. The number of hydrogen-bond acceptors (Lipinski definition) is 2. The second-order valence-corrected chi connectivity index (χ2v) is 6.31. The molecule has 0 aliphatic carbocycles. The van der Waals surface area contributed by atoms with Gasteiger partial charge in [-0.2, -0.15) is 0 Å². The van der Waals surface area contributed by atoms with Gasteiger partial charge >= 0.3 is 0 Å². The minimum atomic E-state index is -0.00275. The minimum absolute atomic E-state index is 0.00275. The monoisotopic (exact) mass is 320 g/mol. The quantitative estimate of drug-likeness (QED) is 0.803. The van der Waals surface area contributed by atoms with Gasteiger partial charge in [0.2, 0.25) is 0 Å². The fourth-order valence-electron chi connectivity index (χ4n) is 3.66. The Labute approximate surface area is 140 Å². The van der Waals surface area contributed by atoms with Crippen LogP contribution in [0, 0.1) is 0 Å². The van der Waals surface area contributed by atoms with Gasteiger partial charge in [-0.05, 0) is 37.1 Å². The highest BCUT2D eigenvalue weighted by Crippen LogP contribution is 2.29. The van der Waals surface area contributed by atoms with Gasteiger partial charge in [0, 0.05) is 53.3 Å². The van der Waals surface area contributed by atoms with E-state index >= 15 is 0 Å². The summed E-state index contributed by atoms with van der Waals surface area (Å²) in [5, 5.41) is 11.4. The molecule has 0 bridgehead atoms. The first-order chi connectivity index (χ1) is 11.7. The number of aryl methyl sites for hydroxylation is 1. The van der Waals surface area contributed by atoms with Crippen LogP contribution >= 0.6 is 0 Å². The Morgan fingerprint density at radius 2 is 1.96 bits per heavy atom. The summed E-state index contributed by atoms with van der Waals surface area (Å²) in [5.74, 6) is -0.00275. The van der Waals surface area contributed by atoms with Gasteiger partial charge < -0.3 is 14.6 Å². The van der Waals surface area contributed by atoms with Crippen molar-refractivity contribution in [2.75, 3.05) is 6.61 Å². The predicted octanol–water partition coefficient (Wildman–Crippen LogP) is 3.44. The van der Waals surface area contributed by atoms with E-state index in [0.717, 1.165) is 28.2 Å².